The van der Waals surface area contributed by atoms with Crippen molar-refractivity contribution in [1.29, 1.82) is 0 Å². The predicted octanol–water partition coefficient (Wildman–Crippen LogP) is 2.85. The van der Waals surface area contributed by atoms with E-state index < -0.39 is 35.1 Å². The van der Waals surface area contributed by atoms with Gasteiger partial charge in [0.2, 0.25) is 10.0 Å². The van der Waals surface area contributed by atoms with E-state index in [1.54, 1.807) is 11.4 Å². The van der Waals surface area contributed by atoms with Gasteiger partial charge in [-0.1, -0.05) is 17.7 Å². The summed E-state index contributed by atoms with van der Waals surface area (Å²) in [5.41, 5.74) is 0.182. The van der Waals surface area contributed by atoms with Crippen LogP contribution in [0.5, 0.6) is 5.75 Å². The van der Waals surface area contributed by atoms with Crippen LogP contribution in [0.15, 0.2) is 39.9 Å². The lowest BCUT2D eigenvalue weighted by atomic mass is 10.3. The van der Waals surface area contributed by atoms with Crippen molar-refractivity contribution < 1.29 is 36.3 Å². The Labute approximate surface area is 173 Å². The summed E-state index contributed by atoms with van der Waals surface area (Å²) in [6, 6.07) is 6.63. The Hall–Kier alpha value is -2.28. The van der Waals surface area contributed by atoms with E-state index in [0.29, 0.717) is 0 Å². The van der Waals surface area contributed by atoms with Gasteiger partial charge in [0.15, 0.2) is 6.61 Å². The fourth-order valence-corrected chi connectivity index (χ4v) is 4.25. The largest absolute Gasteiger partial charge is 0.456 e. The van der Waals surface area contributed by atoms with Crippen molar-refractivity contribution in [1.82, 2.24) is 4.72 Å². The first-order valence-electron chi connectivity index (χ1n) is 7.90. The summed E-state index contributed by atoms with van der Waals surface area (Å²) in [5, 5.41) is 3.83. The van der Waals surface area contributed by atoms with Gasteiger partial charge in [-0.3, -0.25) is 9.59 Å². The molecule has 0 aliphatic rings. The monoisotopic (exact) mass is 468 g/mol. The maximum atomic E-state index is 12.2. The van der Waals surface area contributed by atoms with E-state index in [2.05, 4.69) is 14.8 Å². The number of alkyl halides is 2. The van der Waals surface area contributed by atoms with Gasteiger partial charge in [0.25, 0.3) is 5.91 Å². The molecule has 0 spiro atoms. The highest BCUT2D eigenvalue weighted by Crippen LogP contribution is 2.28. The van der Waals surface area contributed by atoms with E-state index in [4.69, 9.17) is 16.3 Å². The molecule has 0 radical (unpaired) electrons. The minimum absolute atomic E-state index is 0.119. The van der Waals surface area contributed by atoms with Crippen LogP contribution in [0.2, 0.25) is 5.02 Å². The molecule has 0 unspecified atom stereocenters. The van der Waals surface area contributed by atoms with Gasteiger partial charge in [0.05, 0.1) is 11.4 Å². The van der Waals surface area contributed by atoms with Gasteiger partial charge in [0.1, 0.15) is 9.96 Å². The van der Waals surface area contributed by atoms with Crippen molar-refractivity contribution in [2.45, 2.75) is 17.2 Å². The third-order valence-electron chi connectivity index (χ3n) is 3.18. The number of esters is 1. The zero-order chi connectivity index (χ0) is 21.4. The summed E-state index contributed by atoms with van der Waals surface area (Å²) in [6.07, 6.45) is -0.274. The molecular weight excluding hydrogens is 454 g/mol. The Balaban J connectivity index is 1.73. The number of sulfonamides is 1. The lowest BCUT2D eigenvalue weighted by molar-refractivity contribution is -0.147. The highest BCUT2D eigenvalue weighted by molar-refractivity contribution is 7.91. The fraction of sp³-hybridized carbons (Fsp3) is 0.250. The Bertz CT molecular complexity index is 954. The zero-order valence-electron chi connectivity index (χ0n) is 14.6. The standard InChI is InChI=1S/C16H15ClF2N2O6S2/c17-11-8-10(3-4-12(11)27-16(18)19)21-13(22)9-26-14(23)5-6-20-29(24,25)15-2-1-7-28-15/h1-4,7-8,16,20H,5-6,9H2,(H,21,22). The molecule has 1 amide bonds. The minimum atomic E-state index is -3.69. The number of rotatable bonds is 10. The van der Waals surface area contributed by atoms with Gasteiger partial charge >= 0.3 is 12.6 Å². The van der Waals surface area contributed by atoms with Crippen LogP contribution < -0.4 is 14.8 Å². The second kappa shape index (κ2) is 10.5. The lowest BCUT2D eigenvalue weighted by Crippen LogP contribution is -2.27. The molecule has 1 aromatic heterocycles. The third-order valence-corrected chi connectivity index (χ3v) is 6.33. The summed E-state index contributed by atoms with van der Waals surface area (Å²) in [6.45, 7) is -3.85. The van der Waals surface area contributed by atoms with Crippen molar-refractivity contribution in [3.8, 4) is 5.75 Å². The van der Waals surface area contributed by atoms with Crippen LogP contribution in [0.4, 0.5) is 14.5 Å². The number of nitrogens with one attached hydrogen (secondary N) is 2. The maximum Gasteiger partial charge on any atom is 0.387 e. The van der Waals surface area contributed by atoms with Crippen molar-refractivity contribution in [2.75, 3.05) is 18.5 Å². The van der Waals surface area contributed by atoms with Gasteiger partial charge in [-0.15, -0.1) is 11.3 Å². The molecule has 0 saturated carbocycles. The first-order valence-corrected chi connectivity index (χ1v) is 10.6. The molecule has 29 heavy (non-hydrogen) atoms. The minimum Gasteiger partial charge on any atom is -0.456 e. The number of benzene rings is 1. The van der Waals surface area contributed by atoms with Gasteiger partial charge in [-0.2, -0.15) is 8.78 Å². The second-order valence-corrected chi connectivity index (χ2v) is 8.66. The Morgan fingerprint density at radius 3 is 2.62 bits per heavy atom. The first kappa shape index (κ1) is 23.0. The number of halogens is 3. The highest BCUT2D eigenvalue weighted by Gasteiger charge is 2.16. The molecule has 0 aliphatic heterocycles. The molecule has 0 saturated heterocycles. The third kappa shape index (κ3) is 7.57. The van der Waals surface area contributed by atoms with Crippen LogP contribution >= 0.6 is 22.9 Å². The summed E-state index contributed by atoms with van der Waals surface area (Å²) in [4.78, 5) is 23.4. The molecule has 8 nitrogen and oxygen atoms in total. The first-order chi connectivity index (χ1) is 13.7. The number of thiophene rings is 1. The number of anilines is 1. The van der Waals surface area contributed by atoms with E-state index >= 15 is 0 Å². The molecule has 1 aromatic carbocycles. The summed E-state index contributed by atoms with van der Waals surface area (Å²) < 4.78 is 59.4. The van der Waals surface area contributed by atoms with Crippen molar-refractivity contribution in [3.63, 3.8) is 0 Å². The Kier molecular flexibility index (Phi) is 8.32. The lowest BCUT2D eigenvalue weighted by Gasteiger charge is -2.10. The van der Waals surface area contributed by atoms with Gasteiger partial charge < -0.3 is 14.8 Å². The molecule has 0 atom stereocenters. The molecule has 0 bridgehead atoms. The van der Waals surface area contributed by atoms with Crippen LogP contribution in [0.1, 0.15) is 6.42 Å². The second-order valence-electron chi connectivity index (χ2n) is 5.31. The van der Waals surface area contributed by atoms with Crippen LogP contribution in [0, 0.1) is 0 Å². The van der Waals surface area contributed by atoms with E-state index in [0.717, 1.165) is 17.4 Å². The Morgan fingerprint density at radius 2 is 2.00 bits per heavy atom. The van der Waals surface area contributed by atoms with Crippen molar-refractivity contribution in [2.24, 2.45) is 0 Å². The van der Waals surface area contributed by atoms with Crippen LogP contribution in [-0.4, -0.2) is 40.1 Å². The molecule has 0 aliphatic carbocycles. The van der Waals surface area contributed by atoms with E-state index in [-0.39, 0.29) is 33.6 Å². The van der Waals surface area contributed by atoms with Crippen molar-refractivity contribution in [3.05, 3.63) is 40.7 Å². The summed E-state index contributed by atoms with van der Waals surface area (Å²) in [5.74, 6) is -1.74. The smallest absolute Gasteiger partial charge is 0.387 e. The molecule has 2 N–H and O–H groups in total. The van der Waals surface area contributed by atoms with Crippen LogP contribution in [-0.2, 0) is 24.3 Å². The SMILES string of the molecule is O=C(COC(=O)CCNS(=O)(=O)c1cccs1)Nc1ccc(OC(F)F)c(Cl)c1. The van der Waals surface area contributed by atoms with E-state index in [1.807, 2.05) is 0 Å². The van der Waals surface area contributed by atoms with E-state index in [1.165, 1.54) is 18.2 Å². The number of amides is 1. The zero-order valence-corrected chi connectivity index (χ0v) is 17.0. The number of hydrogen-bond donors (Lipinski definition) is 2. The van der Waals surface area contributed by atoms with Gasteiger partial charge in [-0.25, -0.2) is 13.1 Å². The van der Waals surface area contributed by atoms with Gasteiger partial charge in [-0.05, 0) is 29.6 Å². The molecule has 0 fully saturated rings. The van der Waals surface area contributed by atoms with Crippen LogP contribution in [0.3, 0.4) is 0 Å². The highest BCUT2D eigenvalue weighted by atomic mass is 35.5. The molecule has 2 rings (SSSR count). The molecule has 13 heteroatoms. The predicted molar refractivity (Wildman–Crippen MR) is 102 cm³/mol. The topological polar surface area (TPSA) is 111 Å². The normalized spacial score (nSPS) is 11.3. The molecule has 158 valence electrons. The number of ether oxygens (including phenoxy) is 2. The Morgan fingerprint density at radius 1 is 1.24 bits per heavy atom. The summed E-state index contributed by atoms with van der Waals surface area (Å²) in [7, 11) is -3.69. The van der Waals surface area contributed by atoms with E-state index in [9.17, 15) is 26.8 Å². The number of carbonyl (C=O) groups excluding carboxylic acids is 2. The quantitative estimate of drug-likeness (QED) is 0.519. The number of carbonyl (C=O) groups is 2. The van der Waals surface area contributed by atoms with Gasteiger partial charge in [0, 0.05) is 12.2 Å². The fourth-order valence-electron chi connectivity index (χ4n) is 1.96. The van der Waals surface area contributed by atoms with Crippen LogP contribution in [0.25, 0.3) is 0 Å². The molecular formula is C16H15ClF2N2O6S2. The average Bonchev–Trinajstić information content (AvgIpc) is 3.17. The molecule has 1 heterocycles. The molecule has 2 aromatic rings. The maximum absolute atomic E-state index is 12.2. The number of hydrogen-bond acceptors (Lipinski definition) is 7. The summed E-state index contributed by atoms with van der Waals surface area (Å²) >= 11 is 6.80. The average molecular weight is 469 g/mol. The van der Waals surface area contributed by atoms with Crippen molar-refractivity contribution >= 4 is 50.5 Å².